The van der Waals surface area contributed by atoms with E-state index in [1.807, 2.05) is 0 Å². The third-order valence-electron chi connectivity index (χ3n) is 4.41. The number of carboxylic acids is 1. The van der Waals surface area contributed by atoms with Crippen molar-refractivity contribution in [1.82, 2.24) is 10.2 Å². The zero-order valence-electron chi connectivity index (χ0n) is 13.0. The van der Waals surface area contributed by atoms with E-state index in [9.17, 15) is 14.4 Å². The Hall–Kier alpha value is -2.28. The molecule has 0 aromatic heterocycles. The number of nitrogens with zero attached hydrogens (tertiary/aromatic N) is 2. The zero-order chi connectivity index (χ0) is 17.3. The summed E-state index contributed by atoms with van der Waals surface area (Å²) in [5.41, 5.74) is 0.893. The minimum atomic E-state index is -0.888. The minimum Gasteiger partial charge on any atom is -0.481 e. The first kappa shape index (κ1) is 16.6. The predicted molar refractivity (Wildman–Crippen MR) is 88.5 cm³/mol. The highest BCUT2D eigenvalue weighted by molar-refractivity contribution is 6.34. The molecule has 1 aromatic carbocycles. The van der Waals surface area contributed by atoms with Crippen molar-refractivity contribution in [3.8, 4) is 0 Å². The number of carbonyl (C=O) groups excluding carboxylic acids is 2. The molecule has 2 fully saturated rings. The maximum absolute atomic E-state index is 12.8. The summed E-state index contributed by atoms with van der Waals surface area (Å²) >= 11 is 6.17. The molecule has 3 amide bonds. The van der Waals surface area contributed by atoms with Gasteiger partial charge in [-0.05, 0) is 31.0 Å². The Morgan fingerprint density at radius 1 is 1.29 bits per heavy atom. The van der Waals surface area contributed by atoms with Gasteiger partial charge in [0.1, 0.15) is 0 Å². The number of aliphatic carboxylic acids is 1. The Morgan fingerprint density at radius 2 is 2.08 bits per heavy atom. The van der Waals surface area contributed by atoms with E-state index in [1.54, 1.807) is 23.1 Å². The number of urea groups is 1. The number of nitrogens with one attached hydrogen (secondary N) is 1. The van der Waals surface area contributed by atoms with Gasteiger partial charge in [0.2, 0.25) is 0 Å². The number of anilines is 1. The fourth-order valence-electron chi connectivity index (χ4n) is 3.10. The topological polar surface area (TPSA) is 89.9 Å². The number of halogens is 1. The number of benzene rings is 1. The van der Waals surface area contributed by atoms with Crippen LogP contribution in [0.4, 0.5) is 10.5 Å². The summed E-state index contributed by atoms with van der Waals surface area (Å²) in [6.45, 7) is 1.77. The van der Waals surface area contributed by atoms with Gasteiger partial charge < -0.3 is 15.3 Å². The SMILES string of the molecule is O=C(O)[C@H]1CCCN(C(=O)c2cc(N3CCNC3=O)ccc2Cl)C1. The molecule has 0 radical (unpaired) electrons. The van der Waals surface area contributed by atoms with E-state index < -0.39 is 11.9 Å². The summed E-state index contributed by atoms with van der Waals surface area (Å²) < 4.78 is 0. The highest BCUT2D eigenvalue weighted by Crippen LogP contribution is 2.27. The number of carboxylic acid groups (broad SMARTS) is 1. The van der Waals surface area contributed by atoms with E-state index >= 15 is 0 Å². The largest absolute Gasteiger partial charge is 0.481 e. The highest BCUT2D eigenvalue weighted by Gasteiger charge is 2.30. The Morgan fingerprint density at radius 3 is 2.75 bits per heavy atom. The van der Waals surface area contributed by atoms with Crippen LogP contribution in [-0.2, 0) is 4.79 Å². The second-order valence-electron chi connectivity index (χ2n) is 5.98. The van der Waals surface area contributed by atoms with Crippen molar-refractivity contribution in [1.29, 1.82) is 0 Å². The smallest absolute Gasteiger partial charge is 0.321 e. The monoisotopic (exact) mass is 351 g/mol. The number of piperidine rings is 1. The molecule has 2 aliphatic rings. The van der Waals surface area contributed by atoms with E-state index in [0.29, 0.717) is 48.7 Å². The number of carbonyl (C=O) groups is 3. The molecule has 2 heterocycles. The number of hydrogen-bond acceptors (Lipinski definition) is 3. The van der Waals surface area contributed by atoms with Gasteiger partial charge >= 0.3 is 12.0 Å². The Balaban J connectivity index is 1.84. The first-order chi connectivity index (χ1) is 11.5. The van der Waals surface area contributed by atoms with Gasteiger partial charge in [0.05, 0.1) is 16.5 Å². The molecule has 0 unspecified atom stereocenters. The highest BCUT2D eigenvalue weighted by atomic mass is 35.5. The average Bonchev–Trinajstić information content (AvgIpc) is 3.01. The summed E-state index contributed by atoms with van der Waals surface area (Å²) in [7, 11) is 0. The van der Waals surface area contributed by atoms with E-state index in [0.717, 1.165) is 0 Å². The molecule has 24 heavy (non-hydrogen) atoms. The Kier molecular flexibility index (Phi) is 4.62. The summed E-state index contributed by atoms with van der Waals surface area (Å²) in [6, 6.07) is 4.67. The molecule has 3 rings (SSSR count). The van der Waals surface area contributed by atoms with Gasteiger partial charge in [-0.15, -0.1) is 0 Å². The Bertz CT molecular complexity index is 694. The van der Waals surface area contributed by atoms with Crippen LogP contribution in [0.2, 0.25) is 5.02 Å². The van der Waals surface area contributed by atoms with Crippen LogP contribution in [0.1, 0.15) is 23.2 Å². The normalized spacial score (nSPS) is 20.9. The van der Waals surface area contributed by atoms with Crippen LogP contribution in [0.3, 0.4) is 0 Å². The van der Waals surface area contributed by atoms with Crippen molar-refractivity contribution >= 4 is 35.2 Å². The summed E-state index contributed by atoms with van der Waals surface area (Å²) in [4.78, 5) is 38.8. The fraction of sp³-hybridized carbons (Fsp3) is 0.438. The third-order valence-corrected chi connectivity index (χ3v) is 4.74. The summed E-state index contributed by atoms with van der Waals surface area (Å²) in [5, 5.41) is 12.2. The van der Waals surface area contributed by atoms with Crippen molar-refractivity contribution in [2.45, 2.75) is 12.8 Å². The molecule has 0 saturated carbocycles. The minimum absolute atomic E-state index is 0.179. The van der Waals surface area contributed by atoms with E-state index in [1.165, 1.54) is 4.90 Å². The number of rotatable bonds is 3. The summed E-state index contributed by atoms with van der Waals surface area (Å²) in [6.07, 6.45) is 1.22. The fourth-order valence-corrected chi connectivity index (χ4v) is 3.29. The van der Waals surface area contributed by atoms with Gasteiger partial charge in [-0.3, -0.25) is 14.5 Å². The lowest BCUT2D eigenvalue weighted by atomic mass is 9.97. The van der Waals surface area contributed by atoms with Crippen molar-refractivity contribution in [3.63, 3.8) is 0 Å². The zero-order valence-corrected chi connectivity index (χ0v) is 13.8. The lowest BCUT2D eigenvalue weighted by molar-refractivity contribution is -0.143. The van der Waals surface area contributed by atoms with Crippen molar-refractivity contribution in [3.05, 3.63) is 28.8 Å². The van der Waals surface area contributed by atoms with Gasteiger partial charge in [-0.25, -0.2) is 4.79 Å². The number of hydrogen-bond donors (Lipinski definition) is 2. The molecule has 128 valence electrons. The van der Waals surface area contributed by atoms with E-state index in [4.69, 9.17) is 16.7 Å². The Labute approximate surface area is 144 Å². The van der Waals surface area contributed by atoms with Crippen LogP contribution in [0, 0.1) is 5.92 Å². The number of amides is 3. The molecule has 0 aliphatic carbocycles. The van der Waals surface area contributed by atoms with Crippen molar-refractivity contribution < 1.29 is 19.5 Å². The molecular formula is C16H18ClN3O4. The third kappa shape index (κ3) is 3.17. The van der Waals surface area contributed by atoms with Crippen LogP contribution in [-0.4, -0.2) is 54.1 Å². The van der Waals surface area contributed by atoms with E-state index in [-0.39, 0.29) is 18.5 Å². The lowest BCUT2D eigenvalue weighted by Crippen LogP contribution is -2.42. The van der Waals surface area contributed by atoms with Crippen molar-refractivity contribution in [2.24, 2.45) is 5.92 Å². The van der Waals surface area contributed by atoms with Crippen molar-refractivity contribution in [2.75, 3.05) is 31.1 Å². The van der Waals surface area contributed by atoms with Gasteiger partial charge in [-0.2, -0.15) is 0 Å². The second kappa shape index (κ2) is 6.68. The van der Waals surface area contributed by atoms with Crippen LogP contribution >= 0.6 is 11.6 Å². The quantitative estimate of drug-likeness (QED) is 0.869. The molecule has 0 bridgehead atoms. The van der Waals surface area contributed by atoms with E-state index in [2.05, 4.69) is 5.32 Å². The first-order valence-electron chi connectivity index (χ1n) is 7.84. The first-order valence-corrected chi connectivity index (χ1v) is 8.22. The van der Waals surface area contributed by atoms with Gasteiger partial charge in [0.25, 0.3) is 5.91 Å². The molecule has 7 nitrogen and oxygen atoms in total. The standard InChI is InChI=1S/C16H18ClN3O4/c17-13-4-3-11(20-7-5-18-16(20)24)8-12(13)14(21)19-6-1-2-10(9-19)15(22)23/h3-4,8,10H,1-2,5-7,9H2,(H,18,24)(H,22,23)/t10-/m0/s1. The van der Waals surface area contributed by atoms with Crippen LogP contribution in [0.5, 0.6) is 0 Å². The van der Waals surface area contributed by atoms with Gasteiger partial charge in [0.15, 0.2) is 0 Å². The molecular weight excluding hydrogens is 334 g/mol. The molecule has 2 N–H and O–H groups in total. The summed E-state index contributed by atoms with van der Waals surface area (Å²) in [5.74, 6) is -1.73. The number of likely N-dealkylation sites (tertiary alicyclic amines) is 1. The lowest BCUT2D eigenvalue weighted by Gasteiger charge is -2.31. The predicted octanol–water partition coefficient (Wildman–Crippen LogP) is 1.81. The van der Waals surface area contributed by atoms with Gasteiger partial charge in [-0.1, -0.05) is 11.6 Å². The molecule has 2 aliphatic heterocycles. The molecule has 2 saturated heterocycles. The molecule has 0 spiro atoms. The molecule has 8 heteroatoms. The molecule has 1 aromatic rings. The second-order valence-corrected chi connectivity index (χ2v) is 6.38. The maximum Gasteiger partial charge on any atom is 0.321 e. The maximum atomic E-state index is 12.8. The van der Waals surface area contributed by atoms with Crippen LogP contribution < -0.4 is 10.2 Å². The van der Waals surface area contributed by atoms with Crippen LogP contribution in [0.15, 0.2) is 18.2 Å². The van der Waals surface area contributed by atoms with Gasteiger partial charge in [0, 0.05) is 31.9 Å². The van der Waals surface area contributed by atoms with Crippen LogP contribution in [0.25, 0.3) is 0 Å². The molecule has 1 atom stereocenters. The average molecular weight is 352 g/mol.